The molecule has 0 aromatic rings. The first-order chi connectivity index (χ1) is 9.71. The van der Waals surface area contributed by atoms with E-state index in [4.69, 9.17) is 0 Å². The van der Waals surface area contributed by atoms with Gasteiger partial charge in [0.05, 0.1) is 0 Å². The Morgan fingerprint density at radius 3 is 1.55 bits per heavy atom. The van der Waals surface area contributed by atoms with Crippen LogP contribution in [0.5, 0.6) is 0 Å². The Kier molecular flexibility index (Phi) is 13.1. The van der Waals surface area contributed by atoms with Gasteiger partial charge in [-0.25, -0.2) is 0 Å². The molecule has 0 N–H and O–H groups in total. The molecule has 0 unspecified atom stereocenters. The highest BCUT2D eigenvalue weighted by atomic mass is 16.2. The summed E-state index contributed by atoms with van der Waals surface area (Å²) >= 11 is 0. The van der Waals surface area contributed by atoms with E-state index in [1.807, 2.05) is 0 Å². The predicted molar refractivity (Wildman–Crippen MR) is 88.9 cm³/mol. The number of hydrogen-bond donors (Lipinski definition) is 0. The third-order valence-electron chi connectivity index (χ3n) is 3.96. The van der Waals surface area contributed by atoms with E-state index < -0.39 is 0 Å². The smallest absolute Gasteiger partial charge is 0.225 e. The Morgan fingerprint density at radius 1 is 0.750 bits per heavy atom. The number of nitrogens with zero attached hydrogens (tertiary/aromatic N) is 1. The van der Waals surface area contributed by atoms with Crippen molar-refractivity contribution in [2.24, 2.45) is 5.92 Å². The summed E-state index contributed by atoms with van der Waals surface area (Å²) in [6.45, 7) is 10.7. The lowest BCUT2D eigenvalue weighted by atomic mass is 9.93. The first-order valence-corrected chi connectivity index (χ1v) is 8.99. The van der Waals surface area contributed by atoms with Crippen molar-refractivity contribution < 1.29 is 4.79 Å². The van der Waals surface area contributed by atoms with Gasteiger partial charge in [-0.05, 0) is 25.7 Å². The van der Waals surface area contributed by atoms with E-state index in [1.54, 1.807) is 0 Å². The zero-order valence-electron chi connectivity index (χ0n) is 14.4. The maximum Gasteiger partial charge on any atom is 0.225 e. The molecule has 0 rings (SSSR count). The maximum atomic E-state index is 12.7. The number of unbranched alkanes of at least 4 members (excludes halogenated alkanes) is 4. The van der Waals surface area contributed by atoms with Crippen LogP contribution in [0, 0.1) is 5.92 Å². The van der Waals surface area contributed by atoms with Crippen molar-refractivity contribution >= 4 is 5.91 Å². The fourth-order valence-corrected chi connectivity index (χ4v) is 2.80. The minimum atomic E-state index is 0.284. The normalized spacial score (nSPS) is 11.1. The largest absolute Gasteiger partial charge is 0.342 e. The van der Waals surface area contributed by atoms with Gasteiger partial charge in [-0.2, -0.15) is 0 Å². The molecule has 0 aromatic heterocycles. The van der Waals surface area contributed by atoms with Gasteiger partial charge in [0.2, 0.25) is 5.91 Å². The molecule has 1 amide bonds. The van der Waals surface area contributed by atoms with Gasteiger partial charge < -0.3 is 4.90 Å². The van der Waals surface area contributed by atoms with E-state index in [2.05, 4.69) is 32.6 Å². The quantitative estimate of drug-likeness (QED) is 0.414. The van der Waals surface area contributed by atoms with Crippen LogP contribution in [-0.2, 0) is 4.79 Å². The van der Waals surface area contributed by atoms with Crippen LogP contribution in [0.1, 0.15) is 91.9 Å². The fraction of sp³-hybridized carbons (Fsp3) is 0.944. The Balaban J connectivity index is 4.46. The molecule has 0 saturated heterocycles. The number of carbonyl (C=O) groups is 1. The second-order valence-corrected chi connectivity index (χ2v) is 6.01. The SMILES string of the molecule is CCCCCC(CCCCC)C(=O)N(CCC)CCC. The van der Waals surface area contributed by atoms with Gasteiger partial charge >= 0.3 is 0 Å². The third kappa shape index (κ3) is 8.60. The minimum absolute atomic E-state index is 0.284. The number of amides is 1. The van der Waals surface area contributed by atoms with Crippen LogP contribution in [-0.4, -0.2) is 23.9 Å². The van der Waals surface area contributed by atoms with Crippen molar-refractivity contribution in [1.29, 1.82) is 0 Å². The van der Waals surface area contributed by atoms with Crippen LogP contribution in [0.15, 0.2) is 0 Å². The lowest BCUT2D eigenvalue weighted by molar-refractivity contribution is -0.136. The van der Waals surface area contributed by atoms with Crippen molar-refractivity contribution in [3.8, 4) is 0 Å². The van der Waals surface area contributed by atoms with Gasteiger partial charge in [-0.15, -0.1) is 0 Å². The fourth-order valence-electron chi connectivity index (χ4n) is 2.80. The average Bonchev–Trinajstić information content (AvgIpc) is 2.45. The van der Waals surface area contributed by atoms with Crippen LogP contribution < -0.4 is 0 Å². The molecule has 0 spiro atoms. The molecule has 0 radical (unpaired) electrons. The van der Waals surface area contributed by atoms with E-state index in [-0.39, 0.29) is 5.92 Å². The summed E-state index contributed by atoms with van der Waals surface area (Å²) in [5, 5.41) is 0. The highest BCUT2D eigenvalue weighted by Gasteiger charge is 2.22. The Labute approximate surface area is 127 Å². The van der Waals surface area contributed by atoms with E-state index in [0.717, 1.165) is 38.8 Å². The number of hydrogen-bond acceptors (Lipinski definition) is 1. The van der Waals surface area contributed by atoms with Crippen molar-refractivity contribution in [2.75, 3.05) is 13.1 Å². The molecule has 0 aromatic carbocycles. The van der Waals surface area contributed by atoms with Crippen molar-refractivity contribution in [3.63, 3.8) is 0 Å². The average molecular weight is 284 g/mol. The van der Waals surface area contributed by atoms with Crippen LogP contribution in [0.4, 0.5) is 0 Å². The standard InChI is InChI=1S/C18H37NO/c1-5-9-11-13-17(14-12-10-6-2)18(20)19(15-7-3)16-8-4/h17H,5-16H2,1-4H3. The molecule has 0 aliphatic heterocycles. The van der Waals surface area contributed by atoms with Crippen LogP contribution in [0.3, 0.4) is 0 Å². The van der Waals surface area contributed by atoms with Gasteiger partial charge in [-0.3, -0.25) is 4.79 Å². The highest BCUT2D eigenvalue weighted by molar-refractivity contribution is 5.78. The van der Waals surface area contributed by atoms with Crippen LogP contribution in [0.25, 0.3) is 0 Å². The molecule has 0 heterocycles. The summed E-state index contributed by atoms with van der Waals surface area (Å²) < 4.78 is 0. The molecule has 2 nitrogen and oxygen atoms in total. The Bertz CT molecular complexity index is 211. The highest BCUT2D eigenvalue weighted by Crippen LogP contribution is 2.20. The topological polar surface area (TPSA) is 20.3 Å². The molecular weight excluding hydrogens is 246 g/mol. The molecule has 20 heavy (non-hydrogen) atoms. The lowest BCUT2D eigenvalue weighted by Crippen LogP contribution is -2.37. The van der Waals surface area contributed by atoms with Crippen LogP contribution >= 0.6 is 0 Å². The van der Waals surface area contributed by atoms with Crippen molar-refractivity contribution in [1.82, 2.24) is 4.90 Å². The molecule has 2 heteroatoms. The second kappa shape index (κ2) is 13.5. The third-order valence-corrected chi connectivity index (χ3v) is 3.96. The summed E-state index contributed by atoms with van der Waals surface area (Å²) in [6.07, 6.45) is 11.8. The van der Waals surface area contributed by atoms with Gasteiger partial charge in [0.25, 0.3) is 0 Å². The molecule has 0 bridgehead atoms. The Hall–Kier alpha value is -0.530. The monoisotopic (exact) mass is 283 g/mol. The zero-order valence-corrected chi connectivity index (χ0v) is 14.4. The first-order valence-electron chi connectivity index (χ1n) is 8.99. The summed E-state index contributed by atoms with van der Waals surface area (Å²) in [6, 6.07) is 0. The molecule has 120 valence electrons. The van der Waals surface area contributed by atoms with Crippen molar-refractivity contribution in [2.45, 2.75) is 91.9 Å². The molecule has 0 fully saturated rings. The molecule has 0 saturated carbocycles. The van der Waals surface area contributed by atoms with Gasteiger partial charge in [0.1, 0.15) is 0 Å². The van der Waals surface area contributed by atoms with E-state index >= 15 is 0 Å². The summed E-state index contributed by atoms with van der Waals surface area (Å²) in [5.74, 6) is 0.715. The van der Waals surface area contributed by atoms with E-state index in [0.29, 0.717) is 5.91 Å². The van der Waals surface area contributed by atoms with E-state index in [1.165, 1.54) is 38.5 Å². The van der Waals surface area contributed by atoms with Crippen molar-refractivity contribution in [3.05, 3.63) is 0 Å². The zero-order chi connectivity index (χ0) is 15.2. The summed E-state index contributed by atoms with van der Waals surface area (Å²) in [4.78, 5) is 14.9. The Morgan fingerprint density at radius 2 is 1.20 bits per heavy atom. The predicted octanol–water partition coefficient (Wildman–Crippen LogP) is 5.41. The number of rotatable bonds is 13. The molecular formula is C18H37NO. The molecule has 0 aliphatic rings. The maximum absolute atomic E-state index is 12.7. The lowest BCUT2D eigenvalue weighted by Gasteiger charge is -2.27. The van der Waals surface area contributed by atoms with Gasteiger partial charge in [0.15, 0.2) is 0 Å². The van der Waals surface area contributed by atoms with Gasteiger partial charge in [-0.1, -0.05) is 66.2 Å². The first kappa shape index (κ1) is 19.5. The summed E-state index contributed by atoms with van der Waals surface area (Å²) in [5.41, 5.74) is 0. The molecule has 0 aliphatic carbocycles. The summed E-state index contributed by atoms with van der Waals surface area (Å²) in [7, 11) is 0. The second-order valence-electron chi connectivity index (χ2n) is 6.01. The molecule has 0 atom stereocenters. The van der Waals surface area contributed by atoms with Crippen LogP contribution in [0.2, 0.25) is 0 Å². The number of carbonyl (C=O) groups excluding carboxylic acids is 1. The van der Waals surface area contributed by atoms with Gasteiger partial charge in [0, 0.05) is 19.0 Å². The minimum Gasteiger partial charge on any atom is -0.342 e. The van der Waals surface area contributed by atoms with E-state index in [9.17, 15) is 4.79 Å².